The molecule has 0 aliphatic heterocycles. The van der Waals surface area contributed by atoms with E-state index in [-0.39, 0.29) is 6.10 Å². The quantitative estimate of drug-likeness (QED) is 0.659. The minimum atomic E-state index is -0.306. The number of hydrogen-bond acceptors (Lipinski definition) is 1. The van der Waals surface area contributed by atoms with E-state index >= 15 is 0 Å². The summed E-state index contributed by atoms with van der Waals surface area (Å²) < 4.78 is 1.94. The number of aromatic nitrogens is 1. The van der Waals surface area contributed by atoms with Gasteiger partial charge in [0.05, 0.1) is 6.10 Å². The van der Waals surface area contributed by atoms with E-state index in [1.165, 1.54) is 0 Å². The maximum Gasteiger partial charge on any atom is 0.0937 e. The Hall–Kier alpha value is -0.760. The molecule has 1 atom stereocenters. The fourth-order valence-corrected chi connectivity index (χ4v) is 1.03. The van der Waals surface area contributed by atoms with Gasteiger partial charge < -0.3 is 9.67 Å². The second kappa shape index (κ2) is 2.88. The monoisotopic (exact) mass is 139 g/mol. The highest BCUT2D eigenvalue weighted by molar-refractivity contribution is 5.09. The highest BCUT2D eigenvalue weighted by atomic mass is 16.3. The first-order valence-electron chi connectivity index (χ1n) is 3.55. The molecule has 0 aromatic carbocycles. The van der Waals surface area contributed by atoms with Crippen molar-refractivity contribution >= 4 is 0 Å². The third-order valence-electron chi connectivity index (χ3n) is 1.71. The maximum atomic E-state index is 9.38. The Labute approximate surface area is 61.1 Å². The van der Waals surface area contributed by atoms with E-state index in [0.717, 1.165) is 12.1 Å². The van der Waals surface area contributed by atoms with Crippen molar-refractivity contribution in [2.75, 3.05) is 0 Å². The lowest BCUT2D eigenvalue weighted by molar-refractivity contribution is 0.165. The van der Waals surface area contributed by atoms with Crippen LogP contribution in [-0.2, 0) is 7.05 Å². The van der Waals surface area contributed by atoms with Gasteiger partial charge in [-0.3, -0.25) is 0 Å². The Balaban J connectivity index is 2.82. The summed E-state index contributed by atoms with van der Waals surface area (Å²) in [6.07, 6.45) is 2.41. The summed E-state index contributed by atoms with van der Waals surface area (Å²) in [5.41, 5.74) is 0.988. The number of aliphatic hydroxyl groups is 1. The first kappa shape index (κ1) is 7.35. The Morgan fingerprint density at radius 3 is 2.80 bits per heavy atom. The number of nitrogens with zero attached hydrogens (tertiary/aromatic N) is 1. The van der Waals surface area contributed by atoms with Crippen molar-refractivity contribution in [3.8, 4) is 0 Å². The van der Waals surface area contributed by atoms with Crippen LogP contribution in [0.25, 0.3) is 0 Å². The lowest BCUT2D eigenvalue weighted by atomic mass is 10.2. The molecule has 2 heteroatoms. The van der Waals surface area contributed by atoms with Gasteiger partial charge in [-0.25, -0.2) is 0 Å². The van der Waals surface area contributed by atoms with Gasteiger partial charge in [0.2, 0.25) is 0 Å². The molecule has 2 nitrogen and oxygen atoms in total. The molecule has 0 spiro atoms. The molecule has 1 unspecified atom stereocenters. The van der Waals surface area contributed by atoms with Gasteiger partial charge in [0.15, 0.2) is 0 Å². The molecule has 1 aromatic heterocycles. The van der Waals surface area contributed by atoms with E-state index in [9.17, 15) is 5.11 Å². The summed E-state index contributed by atoms with van der Waals surface area (Å²) in [7, 11) is 1.94. The van der Waals surface area contributed by atoms with Gasteiger partial charge in [-0.15, -0.1) is 0 Å². The molecule has 0 saturated heterocycles. The predicted molar refractivity (Wildman–Crippen MR) is 40.7 cm³/mol. The highest BCUT2D eigenvalue weighted by Gasteiger charge is 2.05. The van der Waals surface area contributed by atoms with Gasteiger partial charge in [-0.2, -0.15) is 0 Å². The van der Waals surface area contributed by atoms with Crippen molar-refractivity contribution in [1.82, 2.24) is 4.57 Å². The fraction of sp³-hybridized carbons (Fsp3) is 0.500. The van der Waals surface area contributed by atoms with Crippen LogP contribution in [0.3, 0.4) is 0 Å². The lowest BCUT2D eigenvalue weighted by Gasteiger charge is -2.07. The summed E-state index contributed by atoms with van der Waals surface area (Å²) in [4.78, 5) is 0. The van der Waals surface area contributed by atoms with Crippen LogP contribution < -0.4 is 0 Å². The van der Waals surface area contributed by atoms with E-state index in [4.69, 9.17) is 0 Å². The van der Waals surface area contributed by atoms with E-state index in [0.29, 0.717) is 0 Å². The number of rotatable bonds is 2. The summed E-state index contributed by atoms with van der Waals surface area (Å²) in [5, 5.41) is 9.38. The van der Waals surface area contributed by atoms with Gasteiger partial charge in [-0.1, -0.05) is 6.92 Å². The van der Waals surface area contributed by atoms with Crippen LogP contribution in [0.4, 0.5) is 0 Å². The normalized spacial score (nSPS) is 13.5. The molecule has 0 bridgehead atoms. The van der Waals surface area contributed by atoms with Crippen LogP contribution in [-0.4, -0.2) is 9.67 Å². The van der Waals surface area contributed by atoms with Crippen LogP contribution in [0, 0.1) is 0 Å². The van der Waals surface area contributed by atoms with Gasteiger partial charge >= 0.3 is 0 Å². The minimum Gasteiger partial charge on any atom is -0.387 e. The zero-order valence-corrected chi connectivity index (χ0v) is 6.41. The number of aliphatic hydroxyl groups excluding tert-OH is 1. The zero-order valence-electron chi connectivity index (χ0n) is 6.41. The minimum absolute atomic E-state index is 0.306. The molecule has 0 radical (unpaired) electrons. The first-order valence-corrected chi connectivity index (χ1v) is 3.55. The average Bonchev–Trinajstić information content (AvgIpc) is 2.34. The average molecular weight is 139 g/mol. The van der Waals surface area contributed by atoms with Gasteiger partial charge in [0.25, 0.3) is 0 Å². The van der Waals surface area contributed by atoms with Crippen molar-refractivity contribution in [2.24, 2.45) is 7.05 Å². The van der Waals surface area contributed by atoms with Crippen LogP contribution in [0.2, 0.25) is 0 Å². The van der Waals surface area contributed by atoms with Crippen molar-refractivity contribution in [3.63, 3.8) is 0 Å². The summed E-state index contributed by atoms with van der Waals surface area (Å²) in [6, 6.07) is 3.88. The molecule has 0 aliphatic carbocycles. The van der Waals surface area contributed by atoms with E-state index in [2.05, 4.69) is 0 Å². The SMILES string of the molecule is CCC(O)c1cccn1C. The Kier molecular flexibility index (Phi) is 2.12. The van der Waals surface area contributed by atoms with Gasteiger partial charge in [0.1, 0.15) is 0 Å². The molecular weight excluding hydrogens is 126 g/mol. The second-order valence-corrected chi connectivity index (χ2v) is 2.47. The van der Waals surface area contributed by atoms with Crippen LogP contribution in [0.5, 0.6) is 0 Å². The third kappa shape index (κ3) is 1.21. The Bertz CT molecular complexity index is 205. The molecule has 0 amide bonds. The van der Waals surface area contributed by atoms with Crippen molar-refractivity contribution < 1.29 is 5.11 Å². The molecule has 1 aromatic rings. The molecule has 1 rings (SSSR count). The summed E-state index contributed by atoms with van der Waals surface area (Å²) in [5.74, 6) is 0. The standard InChI is InChI=1S/C8H13NO/c1-3-8(10)7-5-4-6-9(7)2/h4-6,8,10H,3H2,1-2H3. The van der Waals surface area contributed by atoms with Crippen molar-refractivity contribution in [1.29, 1.82) is 0 Å². The van der Waals surface area contributed by atoms with E-state index < -0.39 is 0 Å². The molecule has 1 N–H and O–H groups in total. The van der Waals surface area contributed by atoms with Crippen molar-refractivity contribution in [2.45, 2.75) is 19.4 Å². The van der Waals surface area contributed by atoms with Crippen LogP contribution in [0.1, 0.15) is 25.1 Å². The van der Waals surface area contributed by atoms with Crippen LogP contribution in [0.15, 0.2) is 18.3 Å². The molecule has 10 heavy (non-hydrogen) atoms. The Morgan fingerprint density at radius 2 is 2.40 bits per heavy atom. The van der Waals surface area contributed by atoms with Gasteiger partial charge in [-0.05, 0) is 18.6 Å². The Morgan fingerprint density at radius 1 is 1.70 bits per heavy atom. The predicted octanol–water partition coefficient (Wildman–Crippen LogP) is 1.47. The van der Waals surface area contributed by atoms with Crippen LogP contribution >= 0.6 is 0 Å². The zero-order chi connectivity index (χ0) is 7.56. The maximum absolute atomic E-state index is 9.38. The second-order valence-electron chi connectivity index (χ2n) is 2.47. The number of aryl methyl sites for hydroxylation is 1. The smallest absolute Gasteiger partial charge is 0.0937 e. The van der Waals surface area contributed by atoms with E-state index in [1.807, 2.05) is 36.9 Å². The molecule has 0 saturated carbocycles. The summed E-state index contributed by atoms with van der Waals surface area (Å²) >= 11 is 0. The topological polar surface area (TPSA) is 25.2 Å². The molecule has 0 aliphatic rings. The fourth-order valence-electron chi connectivity index (χ4n) is 1.03. The molecule has 0 fully saturated rings. The first-order chi connectivity index (χ1) is 4.75. The van der Waals surface area contributed by atoms with E-state index in [1.54, 1.807) is 0 Å². The third-order valence-corrected chi connectivity index (χ3v) is 1.71. The number of hydrogen-bond donors (Lipinski definition) is 1. The lowest BCUT2D eigenvalue weighted by Crippen LogP contribution is -2.01. The van der Waals surface area contributed by atoms with Gasteiger partial charge in [0, 0.05) is 18.9 Å². The molecular formula is C8H13NO. The largest absolute Gasteiger partial charge is 0.387 e. The molecule has 1 heterocycles. The highest BCUT2D eigenvalue weighted by Crippen LogP contribution is 2.14. The van der Waals surface area contributed by atoms with Crippen molar-refractivity contribution in [3.05, 3.63) is 24.0 Å². The molecule has 56 valence electrons. The summed E-state index contributed by atoms with van der Waals surface area (Å²) in [6.45, 7) is 1.97.